The third-order valence-electron chi connectivity index (χ3n) is 3.28. The lowest BCUT2D eigenvalue weighted by atomic mass is 10.2. The highest BCUT2D eigenvalue weighted by atomic mass is 35.5. The smallest absolute Gasteiger partial charge is 0.274 e. The lowest BCUT2D eigenvalue weighted by molar-refractivity contribution is 0.417. The normalized spacial score (nSPS) is 12.1. The van der Waals surface area contributed by atoms with Crippen molar-refractivity contribution >= 4 is 23.7 Å². The summed E-state index contributed by atoms with van der Waals surface area (Å²) in [5.74, 6) is 1.21. The summed E-state index contributed by atoms with van der Waals surface area (Å²) in [6.07, 6.45) is 2.64. The molecule has 0 bridgehead atoms. The van der Waals surface area contributed by atoms with Gasteiger partial charge in [-0.15, -0.1) is 23.7 Å². The molecule has 0 amide bonds. The summed E-state index contributed by atoms with van der Waals surface area (Å²) in [5, 5.41) is 10.2. The molecule has 0 fully saturated rings. The Morgan fingerprint density at radius 3 is 2.91 bits per heavy atom. The van der Waals surface area contributed by atoms with E-state index in [9.17, 15) is 0 Å². The zero-order valence-corrected chi connectivity index (χ0v) is 14.2. The summed E-state index contributed by atoms with van der Waals surface area (Å²) in [6.45, 7) is 4.07. The molecule has 3 rings (SSSR count). The summed E-state index contributed by atoms with van der Waals surface area (Å²) in [6, 6.07) is 2.29. The van der Waals surface area contributed by atoms with Crippen molar-refractivity contribution in [3.63, 3.8) is 0 Å². The Morgan fingerprint density at radius 2 is 2.23 bits per heavy atom. The Labute approximate surface area is 138 Å². The molecule has 0 saturated heterocycles. The van der Waals surface area contributed by atoms with Gasteiger partial charge in [0.1, 0.15) is 5.69 Å². The second-order valence-corrected chi connectivity index (χ2v) is 6.03. The number of halogens is 1. The van der Waals surface area contributed by atoms with Crippen LogP contribution >= 0.6 is 23.7 Å². The van der Waals surface area contributed by atoms with Gasteiger partial charge < -0.3 is 14.8 Å². The van der Waals surface area contributed by atoms with Gasteiger partial charge in [-0.1, -0.05) is 5.16 Å². The van der Waals surface area contributed by atoms with Crippen LogP contribution in [0.3, 0.4) is 0 Å². The third-order valence-corrected chi connectivity index (χ3v) is 4.05. The van der Waals surface area contributed by atoms with Gasteiger partial charge in [-0.3, -0.25) is 0 Å². The molecular weight excluding hydrogens is 322 g/mol. The number of hydrogen-bond acceptors (Lipinski definition) is 6. The standard InChI is InChI=1S/C14H17N5OS.ClH/c1-8(15-3)4-13-18-14(20-19-13)11-5-10(6-16-11)12-7-21-9(2)17-12;/h5-8,15-16H,4H2,1-3H3;1H. The molecule has 0 aliphatic heterocycles. The highest BCUT2D eigenvalue weighted by Crippen LogP contribution is 2.26. The molecule has 3 aromatic heterocycles. The molecule has 2 N–H and O–H groups in total. The zero-order chi connectivity index (χ0) is 14.8. The van der Waals surface area contributed by atoms with Crippen LogP contribution in [0.5, 0.6) is 0 Å². The fourth-order valence-electron chi connectivity index (χ4n) is 1.98. The van der Waals surface area contributed by atoms with Crippen molar-refractivity contribution in [2.45, 2.75) is 26.3 Å². The molecule has 0 aliphatic carbocycles. The SMILES string of the molecule is CNC(C)Cc1noc(-c2cc(-c3csc(C)n3)c[nH]2)n1.Cl. The summed E-state index contributed by atoms with van der Waals surface area (Å²) < 4.78 is 5.31. The van der Waals surface area contributed by atoms with E-state index in [-0.39, 0.29) is 12.4 Å². The zero-order valence-electron chi connectivity index (χ0n) is 12.6. The number of nitrogens with zero attached hydrogens (tertiary/aromatic N) is 3. The molecule has 1 atom stereocenters. The molecule has 1 unspecified atom stereocenters. The number of rotatable bonds is 5. The average Bonchev–Trinajstić information content (AvgIpc) is 3.17. The van der Waals surface area contributed by atoms with Crippen molar-refractivity contribution in [3.05, 3.63) is 28.5 Å². The molecule has 22 heavy (non-hydrogen) atoms. The molecular formula is C14H18ClN5OS. The fraction of sp³-hybridized carbons (Fsp3) is 0.357. The average molecular weight is 340 g/mol. The van der Waals surface area contributed by atoms with E-state index < -0.39 is 0 Å². The maximum absolute atomic E-state index is 5.31. The van der Waals surface area contributed by atoms with Crippen LogP contribution in [0.1, 0.15) is 17.8 Å². The predicted octanol–water partition coefficient (Wildman–Crippen LogP) is 3.07. The molecule has 118 valence electrons. The van der Waals surface area contributed by atoms with E-state index in [1.165, 1.54) is 0 Å². The summed E-state index contributed by atoms with van der Waals surface area (Å²) >= 11 is 1.63. The van der Waals surface area contributed by atoms with Gasteiger partial charge in [-0.2, -0.15) is 4.98 Å². The molecule has 8 heteroatoms. The van der Waals surface area contributed by atoms with Crippen LogP contribution in [-0.2, 0) is 6.42 Å². The van der Waals surface area contributed by atoms with E-state index in [4.69, 9.17) is 4.52 Å². The monoisotopic (exact) mass is 339 g/mol. The third kappa shape index (κ3) is 3.55. The van der Waals surface area contributed by atoms with E-state index in [1.54, 1.807) is 11.3 Å². The Bertz CT molecular complexity index is 735. The van der Waals surface area contributed by atoms with E-state index in [0.29, 0.717) is 17.8 Å². The van der Waals surface area contributed by atoms with Crippen molar-refractivity contribution in [3.8, 4) is 22.8 Å². The number of likely N-dealkylation sites (N-methyl/N-ethyl adjacent to an activating group) is 1. The van der Waals surface area contributed by atoms with Gasteiger partial charge in [0.15, 0.2) is 5.82 Å². The molecule has 0 aliphatic rings. The number of aryl methyl sites for hydroxylation is 1. The van der Waals surface area contributed by atoms with E-state index >= 15 is 0 Å². The van der Waals surface area contributed by atoms with Crippen LogP contribution in [0.2, 0.25) is 0 Å². The first-order chi connectivity index (χ1) is 10.2. The quantitative estimate of drug-likeness (QED) is 0.746. The van der Waals surface area contributed by atoms with Crippen molar-refractivity contribution in [2.75, 3.05) is 7.05 Å². The van der Waals surface area contributed by atoms with Crippen LogP contribution in [0.4, 0.5) is 0 Å². The van der Waals surface area contributed by atoms with Crippen molar-refractivity contribution in [1.29, 1.82) is 0 Å². The number of aromatic nitrogens is 4. The van der Waals surface area contributed by atoms with Gasteiger partial charge in [0.25, 0.3) is 5.89 Å². The minimum absolute atomic E-state index is 0. The molecule has 0 spiro atoms. The van der Waals surface area contributed by atoms with Gasteiger partial charge in [0, 0.05) is 29.6 Å². The van der Waals surface area contributed by atoms with E-state index in [0.717, 1.165) is 28.4 Å². The first-order valence-electron chi connectivity index (χ1n) is 6.77. The molecule has 0 aromatic carbocycles. The number of aromatic amines is 1. The minimum Gasteiger partial charge on any atom is -0.357 e. The number of nitrogens with one attached hydrogen (secondary N) is 2. The first-order valence-corrected chi connectivity index (χ1v) is 7.65. The summed E-state index contributed by atoms with van der Waals surface area (Å²) in [5.41, 5.74) is 2.80. The van der Waals surface area contributed by atoms with Crippen LogP contribution in [0.15, 0.2) is 22.2 Å². The van der Waals surface area contributed by atoms with Gasteiger partial charge >= 0.3 is 0 Å². The Balaban J connectivity index is 0.00000176. The maximum Gasteiger partial charge on any atom is 0.274 e. The molecule has 3 heterocycles. The first kappa shape index (κ1) is 16.7. The maximum atomic E-state index is 5.31. The van der Waals surface area contributed by atoms with Crippen molar-refractivity contribution in [2.24, 2.45) is 0 Å². The second-order valence-electron chi connectivity index (χ2n) is 4.96. The van der Waals surface area contributed by atoms with Gasteiger partial charge in [-0.05, 0) is 27.0 Å². The minimum atomic E-state index is 0. The van der Waals surface area contributed by atoms with Crippen molar-refractivity contribution < 1.29 is 4.52 Å². The Hall–Kier alpha value is -1.70. The number of hydrogen-bond donors (Lipinski definition) is 2. The second kappa shape index (κ2) is 7.04. The topological polar surface area (TPSA) is 79.6 Å². The van der Waals surface area contributed by atoms with Crippen LogP contribution < -0.4 is 5.32 Å². The lowest BCUT2D eigenvalue weighted by Gasteiger charge is -2.04. The number of thiazole rings is 1. The highest BCUT2D eigenvalue weighted by Gasteiger charge is 2.14. The van der Waals surface area contributed by atoms with Gasteiger partial charge in [0.2, 0.25) is 0 Å². The van der Waals surface area contributed by atoms with Gasteiger partial charge in [0.05, 0.1) is 10.7 Å². The summed E-state index contributed by atoms with van der Waals surface area (Å²) in [7, 11) is 1.92. The Kier molecular flexibility index (Phi) is 5.33. The summed E-state index contributed by atoms with van der Waals surface area (Å²) in [4.78, 5) is 12.0. The van der Waals surface area contributed by atoms with Gasteiger partial charge in [-0.25, -0.2) is 4.98 Å². The van der Waals surface area contributed by atoms with Crippen molar-refractivity contribution in [1.82, 2.24) is 25.4 Å². The lowest BCUT2D eigenvalue weighted by Crippen LogP contribution is -2.24. The highest BCUT2D eigenvalue weighted by molar-refractivity contribution is 7.09. The predicted molar refractivity (Wildman–Crippen MR) is 89.4 cm³/mol. The largest absolute Gasteiger partial charge is 0.357 e. The molecule has 6 nitrogen and oxygen atoms in total. The van der Waals surface area contributed by atoms with Crippen LogP contribution in [0.25, 0.3) is 22.8 Å². The molecule has 0 radical (unpaired) electrons. The van der Waals surface area contributed by atoms with Crippen LogP contribution in [-0.4, -0.2) is 33.2 Å². The van der Waals surface area contributed by atoms with Crippen LogP contribution in [0, 0.1) is 6.92 Å². The fourth-order valence-corrected chi connectivity index (χ4v) is 2.61. The Morgan fingerprint density at radius 1 is 1.41 bits per heavy atom. The van der Waals surface area contributed by atoms with E-state index in [2.05, 4.69) is 32.3 Å². The van der Waals surface area contributed by atoms with E-state index in [1.807, 2.05) is 31.6 Å². The molecule has 0 saturated carbocycles. The number of H-pyrrole nitrogens is 1. The molecule has 3 aromatic rings.